The largest absolute Gasteiger partial charge is 0.485 e. The first kappa shape index (κ1) is 27.0. The van der Waals surface area contributed by atoms with Crippen molar-refractivity contribution >= 4 is 50.6 Å². The third-order valence-electron chi connectivity index (χ3n) is 4.99. The quantitative estimate of drug-likeness (QED) is 0.209. The Kier molecular flexibility index (Phi) is 8.14. The second-order valence-electron chi connectivity index (χ2n) is 7.60. The molecule has 0 aliphatic heterocycles. The number of fused-ring (bicyclic) bond motifs is 1. The molecular formula is C23H19ClFN3O6PS2+. The van der Waals surface area contributed by atoms with Gasteiger partial charge in [-0.05, 0) is 30.3 Å². The number of sulfonamides is 1. The molecule has 2 aromatic heterocycles. The molecular weight excluding hydrogens is 564 g/mol. The van der Waals surface area contributed by atoms with Crippen molar-refractivity contribution in [1.29, 1.82) is 5.26 Å². The summed E-state index contributed by atoms with van der Waals surface area (Å²) < 4.78 is 66.8. The zero-order valence-corrected chi connectivity index (χ0v) is 22.2. The molecule has 0 radical (unpaired) electrons. The molecule has 2 heterocycles. The van der Waals surface area contributed by atoms with E-state index in [-0.39, 0.29) is 20.5 Å². The Morgan fingerprint density at radius 2 is 1.95 bits per heavy atom. The number of nitrogens with one attached hydrogen (secondary N) is 1. The van der Waals surface area contributed by atoms with E-state index in [0.29, 0.717) is 29.0 Å². The van der Waals surface area contributed by atoms with Crippen molar-refractivity contribution < 1.29 is 36.1 Å². The van der Waals surface area contributed by atoms with E-state index >= 15 is 0 Å². The topological polar surface area (TPSA) is 130 Å². The van der Waals surface area contributed by atoms with Gasteiger partial charge >= 0.3 is 7.60 Å². The Labute approximate surface area is 220 Å². The van der Waals surface area contributed by atoms with Gasteiger partial charge in [0.15, 0.2) is 18.9 Å². The molecule has 4 aromatic rings. The molecule has 0 saturated carbocycles. The third-order valence-corrected chi connectivity index (χ3v) is 9.62. The predicted octanol–water partition coefficient (Wildman–Crippen LogP) is 4.43. The molecule has 1 unspecified atom stereocenters. The summed E-state index contributed by atoms with van der Waals surface area (Å²) in [5.74, 6) is -0.874. The van der Waals surface area contributed by atoms with Gasteiger partial charge in [-0.3, -0.25) is 0 Å². The van der Waals surface area contributed by atoms with Gasteiger partial charge in [-0.1, -0.05) is 17.7 Å². The summed E-state index contributed by atoms with van der Waals surface area (Å²) in [6.45, 7) is 0.923. The summed E-state index contributed by atoms with van der Waals surface area (Å²) in [5, 5.41) is 9.46. The minimum atomic E-state index is -4.55. The summed E-state index contributed by atoms with van der Waals surface area (Å²) >= 11 is 7.39. The molecule has 0 amide bonds. The van der Waals surface area contributed by atoms with Crippen LogP contribution in [0.1, 0.15) is 5.56 Å². The van der Waals surface area contributed by atoms with Crippen LogP contribution in [0, 0.1) is 17.1 Å². The number of benzene rings is 2. The summed E-state index contributed by atoms with van der Waals surface area (Å²) in [6, 6.07) is 15.0. The first-order chi connectivity index (χ1) is 17.6. The van der Waals surface area contributed by atoms with Crippen LogP contribution in [0.25, 0.3) is 10.1 Å². The number of rotatable bonds is 10. The van der Waals surface area contributed by atoms with E-state index in [1.165, 1.54) is 6.07 Å². The highest BCUT2D eigenvalue weighted by atomic mass is 35.5. The Bertz CT molecular complexity index is 1640. The monoisotopic (exact) mass is 582 g/mol. The number of nitrogens with zero attached hydrogens (tertiary/aromatic N) is 2. The lowest BCUT2D eigenvalue weighted by atomic mass is 10.2. The smallest absolute Gasteiger partial charge is 0.391 e. The minimum absolute atomic E-state index is 0.134. The zero-order chi connectivity index (χ0) is 26.6. The lowest BCUT2D eigenvalue weighted by Gasteiger charge is -2.14. The molecule has 0 aliphatic carbocycles. The van der Waals surface area contributed by atoms with Gasteiger partial charge in [0.25, 0.3) is 10.0 Å². The molecule has 2 aromatic carbocycles. The maximum atomic E-state index is 13.7. The normalized spacial score (nSPS) is 13.1. The van der Waals surface area contributed by atoms with E-state index in [4.69, 9.17) is 26.1 Å². The molecule has 0 spiro atoms. The van der Waals surface area contributed by atoms with Crippen molar-refractivity contribution in [2.75, 3.05) is 12.9 Å². The van der Waals surface area contributed by atoms with E-state index in [1.807, 2.05) is 39.9 Å². The van der Waals surface area contributed by atoms with Crippen molar-refractivity contribution in [3.05, 3.63) is 83.4 Å². The molecule has 0 fully saturated rings. The maximum Gasteiger partial charge on any atom is 0.391 e. The second-order valence-corrected chi connectivity index (χ2v) is 12.8. The number of halogens is 2. The lowest BCUT2D eigenvalue weighted by Crippen LogP contribution is -2.35. The summed E-state index contributed by atoms with van der Waals surface area (Å²) in [7, 11) is -8.76. The fourth-order valence-corrected chi connectivity index (χ4v) is 7.47. The Morgan fingerprint density at radius 3 is 2.65 bits per heavy atom. The number of pyridine rings is 1. The highest BCUT2D eigenvalue weighted by molar-refractivity contribution is 7.92. The van der Waals surface area contributed by atoms with Crippen LogP contribution in [0.4, 0.5) is 4.39 Å². The summed E-state index contributed by atoms with van der Waals surface area (Å²) in [4.78, 5) is 10.1. The van der Waals surface area contributed by atoms with E-state index in [9.17, 15) is 22.3 Å². The number of thiophene rings is 1. The van der Waals surface area contributed by atoms with Crippen molar-refractivity contribution in [1.82, 2.24) is 4.72 Å². The molecule has 9 nitrogen and oxygen atoms in total. The minimum Gasteiger partial charge on any atom is -0.485 e. The van der Waals surface area contributed by atoms with E-state index in [1.54, 1.807) is 18.2 Å². The van der Waals surface area contributed by atoms with Gasteiger partial charge in [0.2, 0.25) is 0 Å². The molecule has 192 valence electrons. The van der Waals surface area contributed by atoms with Gasteiger partial charge < -0.3 is 14.2 Å². The molecule has 1 atom stereocenters. The molecule has 0 aliphatic rings. The number of ether oxygens (including phenoxy) is 1. The van der Waals surface area contributed by atoms with Gasteiger partial charge in [-0.15, -0.1) is 11.3 Å². The second kappa shape index (κ2) is 11.1. The number of aromatic nitrogens is 1. The summed E-state index contributed by atoms with van der Waals surface area (Å²) in [6.07, 6.45) is 2.83. The predicted molar refractivity (Wildman–Crippen MR) is 136 cm³/mol. The first-order valence-corrected chi connectivity index (χ1v) is 15.0. The van der Waals surface area contributed by atoms with Crippen LogP contribution in [0.15, 0.2) is 71.2 Å². The highest BCUT2D eigenvalue weighted by Gasteiger charge is 2.27. The number of hydrogen-bond acceptors (Lipinski definition) is 7. The Morgan fingerprint density at radius 1 is 1.19 bits per heavy atom. The molecule has 14 heteroatoms. The van der Waals surface area contributed by atoms with Crippen molar-refractivity contribution in [3.8, 4) is 17.6 Å². The molecule has 0 bridgehead atoms. The van der Waals surface area contributed by atoms with Crippen LogP contribution in [-0.2, 0) is 21.1 Å². The van der Waals surface area contributed by atoms with E-state index in [0.717, 1.165) is 29.5 Å². The van der Waals surface area contributed by atoms with Gasteiger partial charge in [0.1, 0.15) is 40.5 Å². The average Bonchev–Trinajstić information content (AvgIpc) is 3.31. The Balaban J connectivity index is 1.44. The molecule has 2 N–H and O–H groups in total. The van der Waals surface area contributed by atoms with Gasteiger partial charge in [0, 0.05) is 28.3 Å². The van der Waals surface area contributed by atoms with E-state index in [2.05, 4.69) is 0 Å². The number of nitriles is 1. The van der Waals surface area contributed by atoms with Crippen LogP contribution in [0.3, 0.4) is 0 Å². The van der Waals surface area contributed by atoms with Gasteiger partial charge in [-0.2, -0.15) is 9.98 Å². The van der Waals surface area contributed by atoms with Crippen LogP contribution >= 0.6 is 30.5 Å². The van der Waals surface area contributed by atoms with Crippen molar-refractivity contribution in [2.24, 2.45) is 0 Å². The van der Waals surface area contributed by atoms with Crippen LogP contribution in [0.2, 0.25) is 5.02 Å². The van der Waals surface area contributed by atoms with Crippen LogP contribution in [0.5, 0.6) is 11.5 Å². The fraction of sp³-hybridized carbons (Fsp3) is 0.130. The molecule has 4 rings (SSSR count). The van der Waals surface area contributed by atoms with E-state index < -0.39 is 29.7 Å². The Hall–Kier alpha value is -3.04. The van der Waals surface area contributed by atoms with Crippen molar-refractivity contribution in [3.63, 3.8) is 0 Å². The first-order valence-electron chi connectivity index (χ1n) is 10.6. The van der Waals surface area contributed by atoms with Crippen molar-refractivity contribution in [2.45, 2.75) is 10.8 Å². The van der Waals surface area contributed by atoms with Gasteiger partial charge in [-0.25, -0.2) is 21.9 Å². The maximum absolute atomic E-state index is 13.7. The zero-order valence-electron chi connectivity index (χ0n) is 18.9. The standard InChI is InChI=1S/C23H18ClFN3O6PS2/c24-23-18-13-22(36-21(18)7-6-20(23)33-11-10-28-8-2-1-3-9-28)37(31,32)27-15-35(29,30)34-17-5-4-16(14-26)19(25)12-17/h1-9,12-13,27H,10-11,15H2/p+1. The van der Waals surface area contributed by atoms with Gasteiger partial charge in [0.05, 0.1) is 10.6 Å². The highest BCUT2D eigenvalue weighted by Crippen LogP contribution is 2.43. The lowest BCUT2D eigenvalue weighted by molar-refractivity contribution is -0.697. The molecule has 0 saturated heterocycles. The average molecular weight is 583 g/mol. The summed E-state index contributed by atoms with van der Waals surface area (Å²) in [5.41, 5.74) is -0.270. The van der Waals surface area contributed by atoms with Crippen LogP contribution < -0.4 is 18.5 Å². The third kappa shape index (κ3) is 6.64. The number of hydrogen-bond donors (Lipinski definition) is 2. The molecule has 37 heavy (non-hydrogen) atoms. The fourth-order valence-electron chi connectivity index (χ4n) is 3.20. The SMILES string of the molecule is N#Cc1ccc(OP(=O)(O)CNS(=O)(=O)c2cc3c(Cl)c(OCC[n+]4ccccc4)ccc3s2)cc1F. The van der Waals surface area contributed by atoms with Crippen LogP contribution in [-0.4, -0.2) is 26.2 Å².